The maximum atomic E-state index is 7.53. The topological polar surface area (TPSA) is 9.23 Å². The molecule has 3 aromatic carbocycles. The SMILES string of the molecule is CC1=C(C)C2(C)B(c3ccccc3)OC(c3ccccc3)(c3ccccc3)C2(C)C(C)=C1C. The number of fused-ring (bicyclic) bond motifs is 1. The second-order valence-electron chi connectivity index (χ2n) is 10.1. The van der Waals surface area contributed by atoms with Gasteiger partial charge in [0.25, 0.3) is 0 Å². The van der Waals surface area contributed by atoms with E-state index in [0.29, 0.717) is 0 Å². The molecule has 3 aromatic rings. The van der Waals surface area contributed by atoms with Crippen molar-refractivity contribution >= 4 is 12.4 Å². The van der Waals surface area contributed by atoms with Crippen molar-refractivity contribution in [3.63, 3.8) is 0 Å². The van der Waals surface area contributed by atoms with Crippen LogP contribution in [0.4, 0.5) is 0 Å². The van der Waals surface area contributed by atoms with Gasteiger partial charge in [-0.25, -0.2) is 0 Å². The predicted octanol–water partition coefficient (Wildman–Crippen LogP) is 7.31. The Morgan fingerprint density at radius 1 is 0.576 bits per heavy atom. The molecule has 33 heavy (non-hydrogen) atoms. The van der Waals surface area contributed by atoms with E-state index in [4.69, 9.17) is 4.65 Å². The number of hydrogen-bond acceptors (Lipinski definition) is 1. The fourth-order valence-corrected chi connectivity index (χ4v) is 6.85. The Kier molecular flexibility index (Phi) is 5.06. The maximum Gasteiger partial charge on any atom is 0.339 e. The Hall–Kier alpha value is -2.84. The highest BCUT2D eigenvalue weighted by atomic mass is 16.5. The summed E-state index contributed by atoms with van der Waals surface area (Å²) in [6, 6.07) is 32.5. The lowest BCUT2D eigenvalue weighted by Crippen LogP contribution is -2.50. The van der Waals surface area contributed by atoms with Gasteiger partial charge in [-0.2, -0.15) is 0 Å². The molecular formula is C31H33BO. The van der Waals surface area contributed by atoms with Crippen LogP contribution < -0.4 is 5.46 Å². The third kappa shape index (κ3) is 2.65. The van der Waals surface area contributed by atoms with Crippen molar-refractivity contribution in [2.45, 2.75) is 52.5 Å². The van der Waals surface area contributed by atoms with Gasteiger partial charge in [0.1, 0.15) is 5.60 Å². The molecule has 166 valence electrons. The minimum absolute atomic E-state index is 0.0814. The van der Waals surface area contributed by atoms with Gasteiger partial charge in [0, 0.05) is 10.7 Å². The van der Waals surface area contributed by atoms with Gasteiger partial charge in [-0.3, -0.25) is 0 Å². The fourth-order valence-electron chi connectivity index (χ4n) is 6.85. The van der Waals surface area contributed by atoms with Crippen molar-refractivity contribution in [3.05, 3.63) is 124 Å². The van der Waals surface area contributed by atoms with Crippen LogP contribution in [-0.2, 0) is 10.3 Å². The maximum absolute atomic E-state index is 7.53. The zero-order valence-electron chi connectivity index (χ0n) is 20.6. The highest BCUT2D eigenvalue weighted by Crippen LogP contribution is 2.75. The van der Waals surface area contributed by atoms with Gasteiger partial charge < -0.3 is 4.65 Å². The molecule has 1 aliphatic heterocycles. The van der Waals surface area contributed by atoms with Gasteiger partial charge in [0.15, 0.2) is 0 Å². The molecule has 2 atom stereocenters. The molecule has 1 fully saturated rings. The van der Waals surface area contributed by atoms with E-state index in [2.05, 4.69) is 133 Å². The summed E-state index contributed by atoms with van der Waals surface area (Å²) in [4.78, 5) is 0. The summed E-state index contributed by atoms with van der Waals surface area (Å²) in [6.07, 6.45) is 0. The molecule has 1 aliphatic carbocycles. The van der Waals surface area contributed by atoms with Crippen LogP contribution in [0.3, 0.4) is 0 Å². The standard InChI is InChI=1S/C31H33BO/c1-22-23(2)25(4)30(6)29(5,24(22)3)31(26-16-10-7-11-17-26,27-18-12-8-13-19-27)33-32(30)28-20-14-9-15-21-28/h7-21H,1-6H3. The van der Waals surface area contributed by atoms with Crippen LogP contribution in [0, 0.1) is 5.41 Å². The molecule has 5 rings (SSSR count). The van der Waals surface area contributed by atoms with Gasteiger partial charge in [0.05, 0.1) is 0 Å². The minimum Gasteiger partial charge on any atom is -0.416 e. The van der Waals surface area contributed by atoms with Crippen LogP contribution in [0.2, 0.25) is 5.31 Å². The van der Waals surface area contributed by atoms with Crippen molar-refractivity contribution in [2.75, 3.05) is 0 Å². The molecule has 0 saturated carbocycles. The zero-order valence-corrected chi connectivity index (χ0v) is 20.6. The zero-order chi connectivity index (χ0) is 23.4. The smallest absolute Gasteiger partial charge is 0.339 e. The monoisotopic (exact) mass is 432 g/mol. The van der Waals surface area contributed by atoms with Gasteiger partial charge in [0.2, 0.25) is 0 Å². The molecule has 2 heteroatoms. The summed E-state index contributed by atoms with van der Waals surface area (Å²) < 4.78 is 7.53. The van der Waals surface area contributed by atoms with E-state index in [0.717, 1.165) is 0 Å². The number of hydrogen-bond donors (Lipinski definition) is 0. The van der Waals surface area contributed by atoms with Gasteiger partial charge in [-0.15, -0.1) is 0 Å². The summed E-state index contributed by atoms with van der Waals surface area (Å²) in [5.41, 5.74) is 8.37. The number of allylic oxidation sites excluding steroid dienone is 3. The van der Waals surface area contributed by atoms with Gasteiger partial charge >= 0.3 is 6.92 Å². The van der Waals surface area contributed by atoms with Crippen molar-refractivity contribution < 1.29 is 4.65 Å². The Labute approximate surface area is 199 Å². The first kappa shape index (κ1) is 22.0. The lowest BCUT2D eigenvalue weighted by molar-refractivity contribution is 0.0284. The molecule has 0 bridgehead atoms. The first-order valence-corrected chi connectivity index (χ1v) is 12.0. The molecule has 1 saturated heterocycles. The van der Waals surface area contributed by atoms with Crippen molar-refractivity contribution in [3.8, 4) is 0 Å². The fraction of sp³-hybridized carbons (Fsp3) is 0.290. The van der Waals surface area contributed by atoms with Crippen LogP contribution >= 0.6 is 0 Å². The average molecular weight is 432 g/mol. The van der Waals surface area contributed by atoms with E-state index in [1.54, 1.807) is 0 Å². The summed E-state index contributed by atoms with van der Waals surface area (Å²) in [7, 11) is 0. The van der Waals surface area contributed by atoms with Crippen LogP contribution in [0.5, 0.6) is 0 Å². The summed E-state index contributed by atoms with van der Waals surface area (Å²) in [5.74, 6) is 0. The normalized spacial score (nSPS) is 26.5. The predicted molar refractivity (Wildman–Crippen MR) is 140 cm³/mol. The quantitative estimate of drug-likeness (QED) is 0.394. The third-order valence-corrected chi connectivity index (χ3v) is 9.24. The molecule has 0 N–H and O–H groups in total. The second kappa shape index (κ2) is 7.60. The molecular weight excluding hydrogens is 399 g/mol. The van der Waals surface area contributed by atoms with E-state index in [9.17, 15) is 0 Å². The number of benzene rings is 3. The second-order valence-corrected chi connectivity index (χ2v) is 10.1. The highest BCUT2D eigenvalue weighted by Gasteiger charge is 2.73. The third-order valence-electron chi connectivity index (χ3n) is 9.24. The summed E-state index contributed by atoms with van der Waals surface area (Å²) >= 11 is 0. The van der Waals surface area contributed by atoms with Crippen LogP contribution in [0.1, 0.15) is 52.7 Å². The Balaban J connectivity index is 1.94. The Morgan fingerprint density at radius 3 is 1.48 bits per heavy atom. The molecule has 2 unspecified atom stereocenters. The minimum atomic E-state index is -0.627. The van der Waals surface area contributed by atoms with Crippen molar-refractivity contribution in [1.29, 1.82) is 0 Å². The highest BCUT2D eigenvalue weighted by molar-refractivity contribution is 6.72. The molecule has 1 heterocycles. The molecule has 1 nitrogen and oxygen atoms in total. The molecule has 0 radical (unpaired) electrons. The number of rotatable bonds is 3. The van der Waals surface area contributed by atoms with E-state index in [1.165, 1.54) is 38.9 Å². The molecule has 0 amide bonds. The van der Waals surface area contributed by atoms with Crippen molar-refractivity contribution in [1.82, 2.24) is 0 Å². The summed E-state index contributed by atoms with van der Waals surface area (Å²) in [6.45, 7) is 14.0. The Bertz CT molecular complexity index is 1200. The van der Waals surface area contributed by atoms with E-state index in [-0.39, 0.29) is 17.6 Å². The van der Waals surface area contributed by atoms with Crippen LogP contribution in [-0.4, -0.2) is 6.92 Å². The van der Waals surface area contributed by atoms with Gasteiger partial charge in [-0.1, -0.05) is 116 Å². The molecule has 2 aliphatic rings. The lowest BCUT2D eigenvalue weighted by atomic mass is 9.31. The average Bonchev–Trinajstić information content (AvgIpc) is 3.10. The molecule has 0 spiro atoms. The van der Waals surface area contributed by atoms with Crippen molar-refractivity contribution in [2.24, 2.45) is 5.41 Å². The lowest BCUT2D eigenvalue weighted by Gasteiger charge is -2.55. The van der Waals surface area contributed by atoms with Gasteiger partial charge in [-0.05, 0) is 55.4 Å². The van der Waals surface area contributed by atoms with E-state index >= 15 is 0 Å². The summed E-state index contributed by atoms with van der Waals surface area (Å²) in [5, 5.41) is -0.228. The van der Waals surface area contributed by atoms with E-state index in [1.807, 2.05) is 0 Å². The van der Waals surface area contributed by atoms with Crippen LogP contribution in [0.25, 0.3) is 0 Å². The first-order chi connectivity index (χ1) is 15.8. The molecule has 0 aromatic heterocycles. The van der Waals surface area contributed by atoms with Crippen LogP contribution in [0.15, 0.2) is 113 Å². The first-order valence-electron chi connectivity index (χ1n) is 12.0. The Morgan fingerprint density at radius 2 is 1.00 bits per heavy atom. The van der Waals surface area contributed by atoms with E-state index < -0.39 is 5.60 Å². The largest absolute Gasteiger partial charge is 0.416 e.